The lowest BCUT2D eigenvalue weighted by Gasteiger charge is -2.23. The SMILES string of the molecule is CN(C(=O)CCCSc1nc2ccccc2s1)C1CCS(=O)(=O)C1. The van der Waals surface area contributed by atoms with Gasteiger partial charge in [-0.15, -0.1) is 11.3 Å². The molecule has 1 aliphatic rings. The number of sulfone groups is 1. The van der Waals surface area contributed by atoms with Crippen molar-refractivity contribution in [2.75, 3.05) is 24.3 Å². The van der Waals surface area contributed by atoms with Crippen molar-refractivity contribution in [1.29, 1.82) is 0 Å². The number of rotatable bonds is 6. The quantitative estimate of drug-likeness (QED) is 0.566. The molecule has 0 bridgehead atoms. The van der Waals surface area contributed by atoms with Crippen LogP contribution in [0.1, 0.15) is 19.3 Å². The highest BCUT2D eigenvalue weighted by Crippen LogP contribution is 2.29. The molecule has 8 heteroatoms. The van der Waals surface area contributed by atoms with Crippen molar-refractivity contribution in [3.05, 3.63) is 24.3 Å². The van der Waals surface area contributed by atoms with Gasteiger partial charge in [-0.25, -0.2) is 13.4 Å². The van der Waals surface area contributed by atoms with E-state index in [1.165, 1.54) is 4.70 Å². The van der Waals surface area contributed by atoms with Gasteiger partial charge >= 0.3 is 0 Å². The molecule has 1 aromatic carbocycles. The summed E-state index contributed by atoms with van der Waals surface area (Å²) in [6.45, 7) is 0. The van der Waals surface area contributed by atoms with Gasteiger partial charge in [-0.2, -0.15) is 0 Å². The number of hydrogen-bond donors (Lipinski definition) is 0. The minimum Gasteiger partial charge on any atom is -0.342 e. The minimum atomic E-state index is -2.95. The second kappa shape index (κ2) is 7.41. The van der Waals surface area contributed by atoms with Gasteiger partial charge in [-0.1, -0.05) is 23.9 Å². The number of carbonyl (C=O) groups excluding carboxylic acids is 1. The molecule has 3 rings (SSSR count). The van der Waals surface area contributed by atoms with Gasteiger partial charge in [-0.3, -0.25) is 4.79 Å². The van der Waals surface area contributed by atoms with Gasteiger partial charge < -0.3 is 4.90 Å². The number of benzene rings is 1. The molecule has 0 saturated carbocycles. The van der Waals surface area contributed by atoms with Crippen LogP contribution in [0, 0.1) is 0 Å². The zero-order chi connectivity index (χ0) is 17.2. The summed E-state index contributed by atoms with van der Waals surface area (Å²) in [4.78, 5) is 18.4. The molecule has 0 aliphatic carbocycles. The van der Waals surface area contributed by atoms with Gasteiger partial charge in [0.25, 0.3) is 0 Å². The molecule has 130 valence electrons. The van der Waals surface area contributed by atoms with Gasteiger partial charge in [0.15, 0.2) is 14.2 Å². The summed E-state index contributed by atoms with van der Waals surface area (Å²) < 4.78 is 25.2. The van der Waals surface area contributed by atoms with Crippen LogP contribution in [0.25, 0.3) is 10.2 Å². The summed E-state index contributed by atoms with van der Waals surface area (Å²) in [5.74, 6) is 1.17. The lowest BCUT2D eigenvalue weighted by atomic mass is 10.2. The molecule has 1 aliphatic heterocycles. The van der Waals surface area contributed by atoms with Gasteiger partial charge in [0.1, 0.15) is 0 Å². The third kappa shape index (κ3) is 4.29. The first-order chi connectivity index (χ1) is 11.4. The van der Waals surface area contributed by atoms with E-state index < -0.39 is 9.84 Å². The molecule has 2 aromatic rings. The number of thiazole rings is 1. The van der Waals surface area contributed by atoms with E-state index in [2.05, 4.69) is 11.1 Å². The molecular formula is C16H20N2O3S3. The highest BCUT2D eigenvalue weighted by Gasteiger charge is 2.32. The molecule has 2 heterocycles. The van der Waals surface area contributed by atoms with Crippen LogP contribution in [0.2, 0.25) is 0 Å². The molecule has 0 spiro atoms. The van der Waals surface area contributed by atoms with Crippen molar-refractivity contribution in [2.45, 2.75) is 29.6 Å². The van der Waals surface area contributed by atoms with Gasteiger partial charge in [0.2, 0.25) is 5.91 Å². The monoisotopic (exact) mass is 384 g/mol. The Morgan fingerprint density at radius 3 is 2.92 bits per heavy atom. The average Bonchev–Trinajstić information content (AvgIpc) is 3.13. The molecular weight excluding hydrogens is 364 g/mol. The van der Waals surface area contributed by atoms with Crippen LogP contribution < -0.4 is 0 Å². The van der Waals surface area contributed by atoms with Crippen LogP contribution in [0.15, 0.2) is 28.6 Å². The molecule has 0 radical (unpaired) electrons. The van der Waals surface area contributed by atoms with Crippen LogP contribution in [-0.4, -0.2) is 54.6 Å². The first-order valence-corrected chi connectivity index (χ1v) is 11.5. The first kappa shape index (κ1) is 17.7. The Balaban J connectivity index is 1.43. The van der Waals surface area contributed by atoms with Crippen molar-refractivity contribution < 1.29 is 13.2 Å². The lowest BCUT2D eigenvalue weighted by molar-refractivity contribution is -0.131. The fourth-order valence-electron chi connectivity index (χ4n) is 2.76. The summed E-state index contributed by atoms with van der Waals surface area (Å²) in [5, 5.41) is 0. The normalized spacial score (nSPS) is 19.6. The molecule has 5 nitrogen and oxygen atoms in total. The fraction of sp³-hybridized carbons (Fsp3) is 0.500. The van der Waals surface area contributed by atoms with Crippen molar-refractivity contribution >= 4 is 49.1 Å². The predicted molar refractivity (Wildman–Crippen MR) is 99.4 cm³/mol. The molecule has 24 heavy (non-hydrogen) atoms. The number of amides is 1. The minimum absolute atomic E-state index is 0.0296. The van der Waals surface area contributed by atoms with Crippen molar-refractivity contribution in [3.63, 3.8) is 0 Å². The number of para-hydroxylation sites is 1. The standard InChI is InChI=1S/C16H20N2O3S3/c1-18(12-8-10-24(20,21)11-12)15(19)7-4-9-22-16-17-13-5-2-3-6-14(13)23-16/h2-3,5-6,12H,4,7-11H2,1H3. The molecule has 1 atom stereocenters. The molecule has 1 aromatic heterocycles. The smallest absolute Gasteiger partial charge is 0.222 e. The van der Waals surface area contributed by atoms with Crippen molar-refractivity contribution in [1.82, 2.24) is 9.88 Å². The number of aromatic nitrogens is 1. The van der Waals surface area contributed by atoms with Gasteiger partial charge in [0.05, 0.1) is 21.7 Å². The number of thioether (sulfide) groups is 1. The molecule has 1 fully saturated rings. The average molecular weight is 385 g/mol. The zero-order valence-electron chi connectivity index (χ0n) is 13.5. The Hall–Kier alpha value is -1.12. The van der Waals surface area contributed by atoms with E-state index in [9.17, 15) is 13.2 Å². The van der Waals surface area contributed by atoms with Crippen LogP contribution >= 0.6 is 23.1 Å². The van der Waals surface area contributed by atoms with E-state index in [4.69, 9.17) is 0 Å². The molecule has 0 N–H and O–H groups in total. The van der Waals surface area contributed by atoms with E-state index in [1.54, 1.807) is 35.0 Å². The number of hydrogen-bond acceptors (Lipinski definition) is 6. The molecule has 1 unspecified atom stereocenters. The Kier molecular flexibility index (Phi) is 5.46. The third-order valence-electron chi connectivity index (χ3n) is 4.18. The highest BCUT2D eigenvalue weighted by molar-refractivity contribution is 8.01. The number of nitrogens with zero attached hydrogens (tertiary/aromatic N) is 2. The predicted octanol–water partition coefficient (Wildman–Crippen LogP) is 2.81. The molecule has 1 amide bonds. The van der Waals surface area contributed by atoms with Crippen molar-refractivity contribution in [3.8, 4) is 0 Å². The van der Waals surface area contributed by atoms with Crippen molar-refractivity contribution in [2.24, 2.45) is 0 Å². The second-order valence-electron chi connectivity index (χ2n) is 5.96. The Morgan fingerprint density at radius 2 is 2.21 bits per heavy atom. The number of carbonyl (C=O) groups is 1. The van der Waals surface area contributed by atoms with Gasteiger partial charge in [-0.05, 0) is 25.0 Å². The van der Waals surface area contributed by atoms with Crippen LogP contribution in [0.5, 0.6) is 0 Å². The Bertz CT molecular complexity index is 799. The number of fused-ring (bicyclic) bond motifs is 1. The first-order valence-electron chi connectivity index (χ1n) is 7.89. The van der Waals surface area contributed by atoms with E-state index in [0.717, 1.165) is 22.0 Å². The summed E-state index contributed by atoms with van der Waals surface area (Å²) >= 11 is 3.35. The topological polar surface area (TPSA) is 67.3 Å². The van der Waals surface area contributed by atoms with Gasteiger partial charge in [0, 0.05) is 25.3 Å². The maximum Gasteiger partial charge on any atom is 0.222 e. The van der Waals surface area contributed by atoms with E-state index in [1.807, 2.05) is 18.2 Å². The van der Waals surface area contributed by atoms with Crippen LogP contribution in [0.4, 0.5) is 0 Å². The zero-order valence-corrected chi connectivity index (χ0v) is 15.9. The van der Waals surface area contributed by atoms with E-state index in [-0.39, 0.29) is 23.5 Å². The fourth-order valence-corrected chi connectivity index (χ4v) is 6.61. The largest absolute Gasteiger partial charge is 0.342 e. The van der Waals surface area contributed by atoms with Crippen LogP contribution in [-0.2, 0) is 14.6 Å². The second-order valence-corrected chi connectivity index (χ2v) is 10.6. The summed E-state index contributed by atoms with van der Waals surface area (Å²) in [5.41, 5.74) is 1.02. The van der Waals surface area contributed by atoms with Crippen LogP contribution in [0.3, 0.4) is 0 Å². The summed E-state index contributed by atoms with van der Waals surface area (Å²) in [6, 6.07) is 7.90. The summed E-state index contributed by atoms with van der Waals surface area (Å²) in [6.07, 6.45) is 1.78. The Morgan fingerprint density at radius 1 is 1.42 bits per heavy atom. The maximum atomic E-state index is 12.2. The Labute approximate surface area is 150 Å². The van der Waals surface area contributed by atoms with E-state index in [0.29, 0.717) is 12.8 Å². The summed E-state index contributed by atoms with van der Waals surface area (Å²) in [7, 11) is -1.24. The lowest BCUT2D eigenvalue weighted by Crippen LogP contribution is -2.37. The molecule has 1 saturated heterocycles. The third-order valence-corrected chi connectivity index (χ3v) is 8.20. The maximum absolute atomic E-state index is 12.2. The highest BCUT2D eigenvalue weighted by atomic mass is 32.2. The van der Waals surface area contributed by atoms with E-state index >= 15 is 0 Å².